The Bertz CT molecular complexity index is 326. The lowest BCUT2D eigenvalue weighted by Crippen LogP contribution is -2.40. The Balaban J connectivity index is 2.21. The predicted octanol–water partition coefficient (Wildman–Crippen LogP) is 2.45. The van der Waals surface area contributed by atoms with Crippen molar-refractivity contribution in [3.63, 3.8) is 0 Å². The third kappa shape index (κ3) is 1.68. The SMILES string of the molecule is CN1CCC[C@H](c2cccs2)[C@H]1C#N. The molecule has 2 rings (SSSR count). The molecule has 2 heterocycles. The average Bonchev–Trinajstić information content (AvgIpc) is 2.70. The Morgan fingerprint density at radius 3 is 3.14 bits per heavy atom. The van der Waals surface area contributed by atoms with Gasteiger partial charge in [0, 0.05) is 10.8 Å². The van der Waals surface area contributed by atoms with Crippen LogP contribution < -0.4 is 0 Å². The topological polar surface area (TPSA) is 27.0 Å². The van der Waals surface area contributed by atoms with Crippen molar-refractivity contribution in [2.75, 3.05) is 13.6 Å². The largest absolute Gasteiger partial charge is 0.291 e. The molecule has 1 aromatic heterocycles. The lowest BCUT2D eigenvalue weighted by molar-refractivity contribution is 0.202. The van der Waals surface area contributed by atoms with Crippen LogP contribution in [0.1, 0.15) is 23.6 Å². The number of likely N-dealkylation sites (tertiary alicyclic amines) is 1. The van der Waals surface area contributed by atoms with E-state index in [1.54, 1.807) is 11.3 Å². The fraction of sp³-hybridized carbons (Fsp3) is 0.545. The third-order valence-corrected chi connectivity index (χ3v) is 3.93. The summed E-state index contributed by atoms with van der Waals surface area (Å²) in [5, 5.41) is 11.2. The van der Waals surface area contributed by atoms with Gasteiger partial charge in [-0.3, -0.25) is 4.90 Å². The van der Waals surface area contributed by atoms with Crippen LogP contribution in [0.5, 0.6) is 0 Å². The van der Waals surface area contributed by atoms with Crippen molar-refractivity contribution < 1.29 is 0 Å². The molecule has 0 aliphatic carbocycles. The molecule has 3 heteroatoms. The highest BCUT2D eigenvalue weighted by atomic mass is 32.1. The molecule has 0 aromatic carbocycles. The summed E-state index contributed by atoms with van der Waals surface area (Å²) >= 11 is 1.77. The number of nitriles is 1. The minimum absolute atomic E-state index is 0.0717. The fourth-order valence-electron chi connectivity index (χ4n) is 2.15. The second kappa shape index (κ2) is 4.12. The molecule has 1 aromatic rings. The van der Waals surface area contributed by atoms with E-state index in [2.05, 4.69) is 28.5 Å². The monoisotopic (exact) mass is 206 g/mol. The first kappa shape index (κ1) is 9.70. The van der Waals surface area contributed by atoms with Crippen molar-refractivity contribution >= 4 is 11.3 Å². The molecular weight excluding hydrogens is 192 g/mol. The highest BCUT2D eigenvalue weighted by Crippen LogP contribution is 2.33. The van der Waals surface area contributed by atoms with Crippen LogP contribution in [0.2, 0.25) is 0 Å². The molecule has 2 atom stereocenters. The number of hydrogen-bond donors (Lipinski definition) is 0. The zero-order valence-corrected chi connectivity index (χ0v) is 9.13. The number of thiophene rings is 1. The maximum absolute atomic E-state index is 9.14. The number of hydrogen-bond acceptors (Lipinski definition) is 3. The van der Waals surface area contributed by atoms with Gasteiger partial charge in [0.2, 0.25) is 0 Å². The van der Waals surface area contributed by atoms with Gasteiger partial charge >= 0.3 is 0 Å². The fourth-order valence-corrected chi connectivity index (χ4v) is 3.05. The highest BCUT2D eigenvalue weighted by molar-refractivity contribution is 7.10. The summed E-state index contributed by atoms with van der Waals surface area (Å²) in [4.78, 5) is 3.54. The van der Waals surface area contributed by atoms with Gasteiger partial charge in [-0.1, -0.05) is 6.07 Å². The van der Waals surface area contributed by atoms with E-state index in [0.717, 1.165) is 13.0 Å². The van der Waals surface area contributed by atoms with Crippen LogP contribution >= 0.6 is 11.3 Å². The maximum Gasteiger partial charge on any atom is 0.105 e. The summed E-state index contributed by atoms with van der Waals surface area (Å²) < 4.78 is 0. The summed E-state index contributed by atoms with van der Waals surface area (Å²) in [6, 6.07) is 6.72. The first-order valence-electron chi connectivity index (χ1n) is 4.96. The van der Waals surface area contributed by atoms with Crippen LogP contribution in [-0.4, -0.2) is 24.5 Å². The van der Waals surface area contributed by atoms with E-state index in [9.17, 15) is 0 Å². The van der Waals surface area contributed by atoms with Gasteiger partial charge in [0.1, 0.15) is 6.04 Å². The number of rotatable bonds is 1. The minimum Gasteiger partial charge on any atom is -0.291 e. The predicted molar refractivity (Wildman–Crippen MR) is 58.3 cm³/mol. The van der Waals surface area contributed by atoms with E-state index >= 15 is 0 Å². The van der Waals surface area contributed by atoms with Crippen LogP contribution in [-0.2, 0) is 0 Å². The van der Waals surface area contributed by atoms with E-state index in [-0.39, 0.29) is 6.04 Å². The van der Waals surface area contributed by atoms with Gasteiger partial charge in [0.05, 0.1) is 6.07 Å². The standard InChI is InChI=1S/C11H14N2S/c1-13-6-2-4-9(10(13)8-12)11-5-3-7-14-11/h3,5,7,9-10H,2,4,6H2,1H3/t9-,10+/m0/s1. The molecule has 1 aliphatic rings. The number of likely N-dealkylation sites (N-methyl/N-ethyl adjacent to an activating group) is 1. The van der Waals surface area contributed by atoms with E-state index in [1.807, 2.05) is 7.05 Å². The molecule has 0 bridgehead atoms. The smallest absolute Gasteiger partial charge is 0.105 e. The van der Waals surface area contributed by atoms with E-state index in [1.165, 1.54) is 11.3 Å². The van der Waals surface area contributed by atoms with Crippen LogP contribution in [0.15, 0.2) is 17.5 Å². The van der Waals surface area contributed by atoms with Crippen molar-refractivity contribution in [1.29, 1.82) is 5.26 Å². The molecule has 1 aliphatic heterocycles. The number of nitrogens with zero attached hydrogens (tertiary/aromatic N) is 2. The van der Waals surface area contributed by atoms with E-state index in [4.69, 9.17) is 5.26 Å². The van der Waals surface area contributed by atoms with E-state index in [0.29, 0.717) is 5.92 Å². The van der Waals surface area contributed by atoms with Crippen molar-refractivity contribution in [2.24, 2.45) is 0 Å². The highest BCUT2D eigenvalue weighted by Gasteiger charge is 2.30. The second-order valence-electron chi connectivity index (χ2n) is 3.82. The molecule has 0 amide bonds. The summed E-state index contributed by atoms with van der Waals surface area (Å²) in [7, 11) is 2.05. The molecule has 0 radical (unpaired) electrons. The van der Waals surface area contributed by atoms with Crippen molar-refractivity contribution in [3.05, 3.63) is 22.4 Å². The first-order valence-corrected chi connectivity index (χ1v) is 5.84. The molecule has 14 heavy (non-hydrogen) atoms. The Morgan fingerprint density at radius 2 is 2.50 bits per heavy atom. The second-order valence-corrected chi connectivity index (χ2v) is 4.80. The molecule has 2 nitrogen and oxygen atoms in total. The quantitative estimate of drug-likeness (QED) is 0.705. The van der Waals surface area contributed by atoms with Gasteiger partial charge in [-0.05, 0) is 37.9 Å². The molecule has 0 saturated carbocycles. The first-order chi connectivity index (χ1) is 6.83. The van der Waals surface area contributed by atoms with Crippen LogP contribution in [0.25, 0.3) is 0 Å². The Labute approximate surface area is 88.8 Å². The van der Waals surface area contributed by atoms with Crippen molar-refractivity contribution in [2.45, 2.75) is 24.8 Å². The number of piperidine rings is 1. The Kier molecular flexibility index (Phi) is 2.85. The average molecular weight is 206 g/mol. The van der Waals surface area contributed by atoms with Crippen molar-refractivity contribution in [1.82, 2.24) is 4.90 Å². The van der Waals surface area contributed by atoms with Gasteiger partial charge < -0.3 is 0 Å². The summed E-state index contributed by atoms with van der Waals surface area (Å²) in [6.45, 7) is 1.06. The summed E-state index contributed by atoms with van der Waals surface area (Å²) in [5.74, 6) is 0.429. The molecule has 74 valence electrons. The summed E-state index contributed by atoms with van der Waals surface area (Å²) in [6.07, 6.45) is 2.36. The van der Waals surface area contributed by atoms with Gasteiger partial charge in [0.25, 0.3) is 0 Å². The van der Waals surface area contributed by atoms with Gasteiger partial charge in [-0.15, -0.1) is 11.3 Å². The molecule has 0 N–H and O–H groups in total. The lowest BCUT2D eigenvalue weighted by atomic mass is 9.89. The molecule has 1 fully saturated rings. The zero-order valence-electron chi connectivity index (χ0n) is 8.31. The maximum atomic E-state index is 9.14. The Morgan fingerprint density at radius 1 is 1.64 bits per heavy atom. The van der Waals surface area contributed by atoms with E-state index < -0.39 is 0 Å². The van der Waals surface area contributed by atoms with Gasteiger partial charge in [0.15, 0.2) is 0 Å². The molecule has 0 unspecified atom stereocenters. The van der Waals surface area contributed by atoms with Gasteiger partial charge in [-0.2, -0.15) is 5.26 Å². The van der Waals surface area contributed by atoms with Crippen LogP contribution in [0.4, 0.5) is 0 Å². The van der Waals surface area contributed by atoms with Crippen LogP contribution in [0, 0.1) is 11.3 Å². The molecule has 0 spiro atoms. The summed E-state index contributed by atoms with van der Waals surface area (Å²) in [5.41, 5.74) is 0. The normalized spacial score (nSPS) is 28.6. The molecular formula is C11H14N2S. The Hall–Kier alpha value is -0.850. The van der Waals surface area contributed by atoms with Gasteiger partial charge in [-0.25, -0.2) is 0 Å². The minimum atomic E-state index is 0.0717. The van der Waals surface area contributed by atoms with Crippen molar-refractivity contribution in [3.8, 4) is 6.07 Å². The third-order valence-electron chi connectivity index (χ3n) is 2.92. The zero-order chi connectivity index (χ0) is 9.97. The van der Waals surface area contributed by atoms with Crippen LogP contribution in [0.3, 0.4) is 0 Å². The molecule has 1 saturated heterocycles. The lowest BCUT2D eigenvalue weighted by Gasteiger charge is -2.34.